The maximum absolute atomic E-state index is 6.11. The molecule has 2 aromatic heterocycles. The first-order valence-corrected chi connectivity index (χ1v) is 14.4. The second-order valence-electron chi connectivity index (χ2n) is 10.6. The van der Waals surface area contributed by atoms with Crippen LogP contribution < -0.4 is 0 Å². The van der Waals surface area contributed by atoms with Crippen LogP contribution in [0, 0.1) is 11.8 Å². The fraction of sp³-hybridized carbons (Fsp3) is 0.394. The number of hydrogen-bond acceptors (Lipinski definition) is 7. The molecule has 0 N–H and O–H groups in total. The molecule has 41 heavy (non-hydrogen) atoms. The number of imidazole rings is 1. The summed E-state index contributed by atoms with van der Waals surface area (Å²) >= 11 is 0. The minimum absolute atomic E-state index is 0.167. The van der Waals surface area contributed by atoms with Gasteiger partial charge in [0.05, 0.1) is 19.8 Å². The molecule has 0 amide bonds. The number of hydrogen-bond donors (Lipinski definition) is 0. The van der Waals surface area contributed by atoms with E-state index in [1.165, 1.54) is 5.56 Å². The summed E-state index contributed by atoms with van der Waals surface area (Å²) in [5, 5.41) is 4.30. The maximum atomic E-state index is 6.11. The number of aromatic nitrogens is 3. The van der Waals surface area contributed by atoms with E-state index in [4.69, 9.17) is 18.7 Å². The largest absolute Gasteiger partial charge is 0.379 e. The molecule has 4 heterocycles. The fourth-order valence-corrected chi connectivity index (χ4v) is 5.19. The normalized spacial score (nSPS) is 18.5. The Hall–Kier alpha value is -3.74. The monoisotopic (exact) mass is 552 g/mol. The zero-order chi connectivity index (χ0) is 27.9. The van der Waals surface area contributed by atoms with E-state index in [0.717, 1.165) is 92.7 Å². The van der Waals surface area contributed by atoms with Gasteiger partial charge < -0.3 is 23.3 Å². The third-order valence-electron chi connectivity index (χ3n) is 7.49. The van der Waals surface area contributed by atoms with Gasteiger partial charge in [-0.3, -0.25) is 4.90 Å². The molecule has 2 aromatic carbocycles. The highest BCUT2D eigenvalue weighted by Crippen LogP contribution is 2.25. The summed E-state index contributed by atoms with van der Waals surface area (Å²) < 4.78 is 25.0. The predicted octanol–water partition coefficient (Wildman–Crippen LogP) is 5.42. The van der Waals surface area contributed by atoms with Crippen molar-refractivity contribution in [3.63, 3.8) is 0 Å². The minimum Gasteiger partial charge on any atom is -0.379 e. The molecular weight excluding hydrogens is 516 g/mol. The van der Waals surface area contributed by atoms with Crippen LogP contribution >= 0.6 is 0 Å². The third kappa shape index (κ3) is 7.32. The van der Waals surface area contributed by atoms with E-state index in [0.29, 0.717) is 6.54 Å². The highest BCUT2D eigenvalue weighted by molar-refractivity contribution is 5.60. The van der Waals surface area contributed by atoms with Crippen molar-refractivity contribution in [3.8, 4) is 23.1 Å². The Kier molecular flexibility index (Phi) is 8.89. The average Bonchev–Trinajstić information content (AvgIpc) is 3.68. The van der Waals surface area contributed by atoms with Crippen molar-refractivity contribution in [2.45, 2.75) is 51.7 Å². The maximum Gasteiger partial charge on any atom is 0.158 e. The summed E-state index contributed by atoms with van der Waals surface area (Å²) in [6.07, 6.45) is 6.51. The molecule has 2 saturated heterocycles. The van der Waals surface area contributed by atoms with Gasteiger partial charge in [-0.05, 0) is 56.0 Å². The van der Waals surface area contributed by atoms with Gasteiger partial charge in [0.2, 0.25) is 0 Å². The van der Waals surface area contributed by atoms with Crippen molar-refractivity contribution in [1.82, 2.24) is 19.6 Å². The Labute approximate surface area is 241 Å². The second-order valence-corrected chi connectivity index (χ2v) is 10.6. The lowest BCUT2D eigenvalue weighted by atomic mass is 10.1. The van der Waals surface area contributed by atoms with Gasteiger partial charge in [0.15, 0.2) is 12.1 Å². The van der Waals surface area contributed by atoms with E-state index in [1.54, 1.807) is 6.20 Å². The number of rotatable bonds is 8. The Morgan fingerprint density at radius 1 is 0.951 bits per heavy atom. The van der Waals surface area contributed by atoms with Crippen LogP contribution in [0.4, 0.5) is 0 Å². The number of benzene rings is 2. The van der Waals surface area contributed by atoms with E-state index in [9.17, 15) is 0 Å². The molecule has 0 spiro atoms. The van der Waals surface area contributed by atoms with Gasteiger partial charge in [0.1, 0.15) is 17.6 Å². The molecule has 2 atom stereocenters. The Morgan fingerprint density at radius 2 is 1.71 bits per heavy atom. The molecule has 0 bridgehead atoms. The Balaban J connectivity index is 1.05. The van der Waals surface area contributed by atoms with E-state index in [2.05, 4.69) is 51.1 Å². The van der Waals surface area contributed by atoms with E-state index in [-0.39, 0.29) is 12.4 Å². The van der Waals surface area contributed by atoms with Crippen LogP contribution in [0.5, 0.6) is 0 Å². The predicted molar refractivity (Wildman–Crippen MR) is 155 cm³/mol. The van der Waals surface area contributed by atoms with Crippen LogP contribution in [0.15, 0.2) is 71.5 Å². The summed E-state index contributed by atoms with van der Waals surface area (Å²) in [5.41, 5.74) is 5.03. The standard InChI is InChI=1S/C33H36N4O4/c1-25(40-32-4-2-3-19-39-32)33-34-15-16-37(33)24-30-22-31(35-41-30)29-13-11-27(12-14-29)6-5-26-7-9-28(10-8-26)23-36-17-20-38-21-18-36/h7-16,22,25,32H,2-4,17-21,23-24H2,1H3. The average molecular weight is 553 g/mol. The molecule has 0 aliphatic carbocycles. The van der Waals surface area contributed by atoms with E-state index >= 15 is 0 Å². The van der Waals surface area contributed by atoms with Crippen molar-refractivity contribution in [2.75, 3.05) is 32.9 Å². The van der Waals surface area contributed by atoms with Gasteiger partial charge in [0, 0.05) is 61.4 Å². The quantitative estimate of drug-likeness (QED) is 0.270. The smallest absolute Gasteiger partial charge is 0.158 e. The van der Waals surface area contributed by atoms with Gasteiger partial charge in [-0.25, -0.2) is 4.98 Å². The number of nitrogens with zero attached hydrogens (tertiary/aromatic N) is 4. The first-order valence-electron chi connectivity index (χ1n) is 14.4. The minimum atomic E-state index is -0.183. The van der Waals surface area contributed by atoms with E-state index < -0.39 is 0 Å². The van der Waals surface area contributed by atoms with Crippen molar-refractivity contribution in [3.05, 3.63) is 95.3 Å². The summed E-state index contributed by atoms with van der Waals surface area (Å²) in [6, 6.07) is 18.6. The second kappa shape index (κ2) is 13.3. The van der Waals surface area contributed by atoms with Gasteiger partial charge in [-0.1, -0.05) is 41.3 Å². The van der Waals surface area contributed by atoms with Gasteiger partial charge in [0.25, 0.3) is 0 Å². The first-order chi connectivity index (χ1) is 20.2. The molecule has 8 heteroatoms. The van der Waals surface area contributed by atoms with Gasteiger partial charge in [-0.15, -0.1) is 0 Å². The van der Waals surface area contributed by atoms with Crippen LogP contribution in [-0.2, 0) is 27.3 Å². The fourth-order valence-electron chi connectivity index (χ4n) is 5.19. The molecule has 8 nitrogen and oxygen atoms in total. The summed E-state index contributed by atoms with van der Waals surface area (Å²) in [5.74, 6) is 8.14. The molecule has 2 aliphatic rings. The third-order valence-corrected chi connectivity index (χ3v) is 7.49. The highest BCUT2D eigenvalue weighted by Gasteiger charge is 2.21. The molecule has 2 fully saturated rings. The van der Waals surface area contributed by atoms with Crippen molar-refractivity contribution in [1.29, 1.82) is 0 Å². The SMILES string of the molecule is CC(OC1CCCCO1)c1nccn1Cc1cc(-c2ccc(C#Cc3ccc(CN4CCOCC4)cc3)cc2)no1. The lowest BCUT2D eigenvalue weighted by Gasteiger charge is -2.26. The summed E-state index contributed by atoms with van der Waals surface area (Å²) in [7, 11) is 0. The summed E-state index contributed by atoms with van der Waals surface area (Å²) in [4.78, 5) is 6.94. The van der Waals surface area contributed by atoms with Crippen LogP contribution in [0.1, 0.15) is 60.6 Å². The zero-order valence-electron chi connectivity index (χ0n) is 23.5. The highest BCUT2D eigenvalue weighted by atomic mass is 16.7. The molecule has 212 valence electrons. The van der Waals surface area contributed by atoms with Crippen LogP contribution in [0.25, 0.3) is 11.3 Å². The molecule has 2 unspecified atom stereocenters. The topological polar surface area (TPSA) is 74.8 Å². The molecule has 2 aliphatic heterocycles. The van der Waals surface area contributed by atoms with Crippen molar-refractivity contribution < 1.29 is 18.7 Å². The number of ether oxygens (including phenoxy) is 3. The lowest BCUT2D eigenvalue weighted by molar-refractivity contribution is -0.188. The van der Waals surface area contributed by atoms with Gasteiger partial charge in [-0.2, -0.15) is 0 Å². The Bertz CT molecular complexity index is 1450. The van der Waals surface area contributed by atoms with Crippen LogP contribution in [-0.4, -0.2) is 58.8 Å². The molecular formula is C33H36N4O4. The van der Waals surface area contributed by atoms with Crippen molar-refractivity contribution >= 4 is 0 Å². The Morgan fingerprint density at radius 3 is 2.44 bits per heavy atom. The molecule has 4 aromatic rings. The molecule has 6 rings (SSSR count). The van der Waals surface area contributed by atoms with E-state index in [1.807, 2.05) is 48.0 Å². The zero-order valence-corrected chi connectivity index (χ0v) is 23.5. The number of morpholine rings is 1. The lowest BCUT2D eigenvalue weighted by Crippen LogP contribution is -2.35. The van der Waals surface area contributed by atoms with Crippen molar-refractivity contribution in [2.24, 2.45) is 0 Å². The molecule has 0 saturated carbocycles. The van der Waals surface area contributed by atoms with Gasteiger partial charge >= 0.3 is 0 Å². The summed E-state index contributed by atoms with van der Waals surface area (Å²) in [6.45, 7) is 7.86. The van der Waals surface area contributed by atoms with Crippen LogP contribution in [0.3, 0.4) is 0 Å². The van der Waals surface area contributed by atoms with Crippen LogP contribution in [0.2, 0.25) is 0 Å². The molecule has 0 radical (unpaired) electrons. The first kappa shape index (κ1) is 27.4.